The molecule has 0 heterocycles. The summed E-state index contributed by atoms with van der Waals surface area (Å²) in [6.45, 7) is 8.22. The molecule has 0 atom stereocenters. The van der Waals surface area contributed by atoms with Crippen LogP contribution >= 0.6 is 0 Å². The van der Waals surface area contributed by atoms with Crippen molar-refractivity contribution in [3.05, 3.63) is 12.2 Å². The van der Waals surface area contributed by atoms with Crippen LogP contribution in [0, 0.1) is 5.92 Å². The smallest absolute Gasteiger partial charge is 0.0647 e. The van der Waals surface area contributed by atoms with E-state index in [0.29, 0.717) is 0 Å². The Labute approximate surface area is 70.4 Å². The van der Waals surface area contributed by atoms with Crippen molar-refractivity contribution in [1.29, 1.82) is 0 Å². The van der Waals surface area contributed by atoms with Gasteiger partial charge < -0.3 is 4.74 Å². The molecule has 0 saturated heterocycles. The van der Waals surface area contributed by atoms with Crippen molar-refractivity contribution < 1.29 is 4.74 Å². The van der Waals surface area contributed by atoms with Crippen LogP contribution in [-0.2, 0) is 4.74 Å². The molecule has 0 aromatic carbocycles. The molecule has 0 aliphatic heterocycles. The molecule has 0 fully saturated rings. The molecule has 0 rings (SSSR count). The van der Waals surface area contributed by atoms with Crippen LogP contribution in [0.5, 0.6) is 0 Å². The number of allylic oxidation sites excluding steroid dienone is 1. The summed E-state index contributed by atoms with van der Waals surface area (Å²) in [6, 6.07) is 0. The Kier molecular flexibility index (Phi) is 7.59. The van der Waals surface area contributed by atoms with Gasteiger partial charge in [-0.15, -0.1) is 0 Å². The van der Waals surface area contributed by atoms with E-state index in [4.69, 9.17) is 4.74 Å². The molecule has 11 heavy (non-hydrogen) atoms. The Morgan fingerprint density at radius 3 is 2.55 bits per heavy atom. The van der Waals surface area contributed by atoms with E-state index in [-0.39, 0.29) is 0 Å². The van der Waals surface area contributed by atoms with E-state index >= 15 is 0 Å². The van der Waals surface area contributed by atoms with E-state index in [0.717, 1.165) is 32.0 Å². The molecule has 0 amide bonds. The third kappa shape index (κ3) is 9.70. The molecule has 0 aliphatic carbocycles. The normalized spacial score (nSPS) is 11.6. The molecule has 0 aliphatic rings. The minimum atomic E-state index is 0.762. The molecule has 0 unspecified atom stereocenters. The molecule has 0 spiro atoms. The van der Waals surface area contributed by atoms with Gasteiger partial charge in [0.25, 0.3) is 0 Å². The molecule has 0 aromatic heterocycles. The van der Waals surface area contributed by atoms with Gasteiger partial charge in [0.15, 0.2) is 0 Å². The van der Waals surface area contributed by atoms with Gasteiger partial charge in [-0.1, -0.05) is 32.9 Å². The molecule has 1 heteroatoms. The second-order valence-corrected chi connectivity index (χ2v) is 3.18. The minimum Gasteiger partial charge on any atom is -0.377 e. The van der Waals surface area contributed by atoms with Crippen LogP contribution in [-0.4, -0.2) is 13.2 Å². The van der Waals surface area contributed by atoms with Crippen LogP contribution in [0.3, 0.4) is 0 Å². The number of rotatable bonds is 6. The third-order valence-corrected chi connectivity index (χ3v) is 1.34. The molecule has 0 radical (unpaired) electrons. The summed E-state index contributed by atoms with van der Waals surface area (Å²) < 4.78 is 5.28. The van der Waals surface area contributed by atoms with Gasteiger partial charge in [-0.05, 0) is 18.8 Å². The van der Waals surface area contributed by atoms with E-state index < -0.39 is 0 Å². The van der Waals surface area contributed by atoms with Gasteiger partial charge in [-0.25, -0.2) is 0 Å². The van der Waals surface area contributed by atoms with Gasteiger partial charge in [-0.3, -0.25) is 0 Å². The Morgan fingerprint density at radius 1 is 1.27 bits per heavy atom. The Hall–Kier alpha value is -0.300. The zero-order chi connectivity index (χ0) is 8.53. The molecule has 0 N–H and O–H groups in total. The highest BCUT2D eigenvalue weighted by Crippen LogP contribution is 1.99. The summed E-state index contributed by atoms with van der Waals surface area (Å²) >= 11 is 0. The molecule has 1 nitrogen and oxygen atoms in total. The standard InChI is InChI=1S/C10H20O/c1-4-8-11-9-6-5-7-10(2)3/h5-6,10H,4,7-9H2,1-3H3/b6-5-. The zero-order valence-electron chi connectivity index (χ0n) is 7.97. The Morgan fingerprint density at radius 2 is 2.00 bits per heavy atom. The quantitative estimate of drug-likeness (QED) is 0.424. The van der Waals surface area contributed by atoms with E-state index in [1.54, 1.807) is 0 Å². The zero-order valence-corrected chi connectivity index (χ0v) is 7.97. The molecule has 66 valence electrons. The molecular formula is C10H20O. The van der Waals surface area contributed by atoms with Crippen LogP contribution in [0.1, 0.15) is 33.6 Å². The lowest BCUT2D eigenvalue weighted by Gasteiger charge is -1.98. The highest BCUT2D eigenvalue weighted by atomic mass is 16.5. The van der Waals surface area contributed by atoms with E-state index in [1.807, 2.05) is 0 Å². The minimum absolute atomic E-state index is 0.762. The molecule has 0 saturated carbocycles. The second-order valence-electron chi connectivity index (χ2n) is 3.18. The van der Waals surface area contributed by atoms with Crippen molar-refractivity contribution in [2.24, 2.45) is 5.92 Å². The van der Waals surface area contributed by atoms with Crippen molar-refractivity contribution in [1.82, 2.24) is 0 Å². The summed E-state index contributed by atoms with van der Waals surface area (Å²) in [5.41, 5.74) is 0. The summed E-state index contributed by atoms with van der Waals surface area (Å²) in [7, 11) is 0. The highest BCUT2D eigenvalue weighted by Gasteiger charge is 1.86. The first-order chi connectivity index (χ1) is 5.27. The summed E-state index contributed by atoms with van der Waals surface area (Å²) in [5.74, 6) is 0.762. The molecule has 0 bridgehead atoms. The summed E-state index contributed by atoms with van der Waals surface area (Å²) in [5, 5.41) is 0. The largest absolute Gasteiger partial charge is 0.377 e. The Balaban J connectivity index is 3.03. The average Bonchev–Trinajstić information content (AvgIpc) is 1.96. The fraction of sp³-hybridized carbons (Fsp3) is 0.800. The monoisotopic (exact) mass is 156 g/mol. The first-order valence-corrected chi connectivity index (χ1v) is 4.50. The van der Waals surface area contributed by atoms with E-state index in [9.17, 15) is 0 Å². The van der Waals surface area contributed by atoms with E-state index in [2.05, 4.69) is 32.9 Å². The van der Waals surface area contributed by atoms with Crippen LogP contribution in [0.25, 0.3) is 0 Å². The van der Waals surface area contributed by atoms with Crippen molar-refractivity contribution in [2.45, 2.75) is 33.6 Å². The van der Waals surface area contributed by atoms with Crippen LogP contribution in [0.15, 0.2) is 12.2 Å². The first-order valence-electron chi connectivity index (χ1n) is 4.50. The lowest BCUT2D eigenvalue weighted by Crippen LogP contribution is -1.91. The average molecular weight is 156 g/mol. The maximum absolute atomic E-state index is 5.28. The summed E-state index contributed by atoms with van der Waals surface area (Å²) in [6.07, 6.45) is 6.57. The number of hydrogen-bond donors (Lipinski definition) is 0. The topological polar surface area (TPSA) is 9.23 Å². The van der Waals surface area contributed by atoms with Crippen molar-refractivity contribution in [3.8, 4) is 0 Å². The van der Waals surface area contributed by atoms with Crippen LogP contribution in [0.2, 0.25) is 0 Å². The maximum Gasteiger partial charge on any atom is 0.0647 e. The Bertz CT molecular complexity index is 95.0. The van der Waals surface area contributed by atoms with Crippen molar-refractivity contribution in [3.63, 3.8) is 0 Å². The second kappa shape index (κ2) is 7.80. The van der Waals surface area contributed by atoms with E-state index in [1.165, 1.54) is 0 Å². The maximum atomic E-state index is 5.28. The summed E-state index contributed by atoms with van der Waals surface area (Å²) in [4.78, 5) is 0. The predicted octanol–water partition coefficient (Wildman–Crippen LogP) is 3.02. The fourth-order valence-electron chi connectivity index (χ4n) is 0.732. The number of hydrogen-bond acceptors (Lipinski definition) is 1. The van der Waals surface area contributed by atoms with Crippen molar-refractivity contribution >= 4 is 0 Å². The van der Waals surface area contributed by atoms with Gasteiger partial charge >= 0.3 is 0 Å². The predicted molar refractivity (Wildman–Crippen MR) is 49.7 cm³/mol. The molecular weight excluding hydrogens is 136 g/mol. The van der Waals surface area contributed by atoms with Crippen LogP contribution < -0.4 is 0 Å². The SMILES string of the molecule is CCCOC/C=C\CC(C)C. The van der Waals surface area contributed by atoms with Gasteiger partial charge in [-0.2, -0.15) is 0 Å². The third-order valence-electron chi connectivity index (χ3n) is 1.34. The number of ether oxygens (including phenoxy) is 1. The van der Waals surface area contributed by atoms with Gasteiger partial charge in [0.05, 0.1) is 6.61 Å². The lowest BCUT2D eigenvalue weighted by atomic mass is 10.1. The van der Waals surface area contributed by atoms with Crippen molar-refractivity contribution in [2.75, 3.05) is 13.2 Å². The van der Waals surface area contributed by atoms with Gasteiger partial charge in [0.2, 0.25) is 0 Å². The first kappa shape index (κ1) is 10.7. The van der Waals surface area contributed by atoms with Gasteiger partial charge in [0.1, 0.15) is 0 Å². The fourth-order valence-corrected chi connectivity index (χ4v) is 0.732. The highest BCUT2D eigenvalue weighted by molar-refractivity contribution is 4.82. The van der Waals surface area contributed by atoms with Crippen LogP contribution in [0.4, 0.5) is 0 Å². The lowest BCUT2D eigenvalue weighted by molar-refractivity contribution is 0.163. The van der Waals surface area contributed by atoms with Gasteiger partial charge in [0, 0.05) is 6.61 Å². The molecule has 0 aromatic rings.